The van der Waals surface area contributed by atoms with Crippen molar-refractivity contribution in [1.29, 1.82) is 0 Å². The van der Waals surface area contributed by atoms with E-state index in [1.165, 1.54) is 12.8 Å². The van der Waals surface area contributed by atoms with Gasteiger partial charge in [-0.05, 0) is 25.0 Å². The largest absolute Gasteiger partial charge is 0.497 e. The molecule has 2 aliphatic rings. The molecular weight excluding hydrogens is 226 g/mol. The van der Waals surface area contributed by atoms with E-state index < -0.39 is 0 Å². The summed E-state index contributed by atoms with van der Waals surface area (Å²) in [6.07, 6.45) is 4.59. The molecule has 0 N–H and O–H groups in total. The van der Waals surface area contributed by atoms with Crippen molar-refractivity contribution in [2.45, 2.75) is 31.7 Å². The monoisotopic (exact) mass is 245 g/mol. The van der Waals surface area contributed by atoms with Crippen LogP contribution in [0.15, 0.2) is 18.2 Å². The van der Waals surface area contributed by atoms with E-state index in [2.05, 4.69) is 11.9 Å². The second kappa shape index (κ2) is 4.30. The molecule has 0 bridgehead atoms. The summed E-state index contributed by atoms with van der Waals surface area (Å²) in [7, 11) is 3.77. The minimum absolute atomic E-state index is 0.199. The van der Waals surface area contributed by atoms with Gasteiger partial charge < -0.3 is 9.64 Å². The quantitative estimate of drug-likeness (QED) is 0.762. The molecule has 2 atom stereocenters. The summed E-state index contributed by atoms with van der Waals surface area (Å²) in [5.74, 6) is 1.35. The lowest BCUT2D eigenvalue weighted by Gasteiger charge is -2.43. The van der Waals surface area contributed by atoms with Crippen molar-refractivity contribution >= 4 is 11.5 Å². The molecule has 2 unspecified atom stereocenters. The van der Waals surface area contributed by atoms with Crippen LogP contribution in [0.5, 0.6) is 5.75 Å². The van der Waals surface area contributed by atoms with Gasteiger partial charge in [-0.1, -0.05) is 12.8 Å². The third-order valence-corrected chi connectivity index (χ3v) is 4.41. The number of nitrogens with zero attached hydrogens (tertiary/aromatic N) is 1. The fourth-order valence-electron chi connectivity index (χ4n) is 3.40. The fourth-order valence-corrected chi connectivity index (χ4v) is 3.40. The van der Waals surface area contributed by atoms with Crippen LogP contribution < -0.4 is 9.64 Å². The smallest absolute Gasteiger partial charge is 0.170 e. The summed E-state index contributed by atoms with van der Waals surface area (Å²) < 4.78 is 5.26. The van der Waals surface area contributed by atoms with E-state index in [0.717, 1.165) is 29.8 Å². The van der Waals surface area contributed by atoms with Crippen LogP contribution in [0.25, 0.3) is 0 Å². The fraction of sp³-hybridized carbons (Fsp3) is 0.533. The van der Waals surface area contributed by atoms with E-state index >= 15 is 0 Å². The van der Waals surface area contributed by atoms with Crippen LogP contribution in [0.1, 0.15) is 36.0 Å². The van der Waals surface area contributed by atoms with Gasteiger partial charge in [-0.2, -0.15) is 0 Å². The van der Waals surface area contributed by atoms with E-state index in [-0.39, 0.29) is 5.92 Å². The van der Waals surface area contributed by atoms with Crippen LogP contribution in [-0.4, -0.2) is 26.0 Å². The normalized spacial score (nSPS) is 26.6. The van der Waals surface area contributed by atoms with Crippen molar-refractivity contribution < 1.29 is 9.53 Å². The third-order valence-electron chi connectivity index (χ3n) is 4.41. The molecule has 1 aromatic carbocycles. The Balaban J connectivity index is 2.07. The molecular formula is C15H19NO2. The summed E-state index contributed by atoms with van der Waals surface area (Å²) in [6, 6.07) is 6.16. The van der Waals surface area contributed by atoms with Crippen molar-refractivity contribution in [2.24, 2.45) is 5.92 Å². The third kappa shape index (κ3) is 1.61. The van der Waals surface area contributed by atoms with Gasteiger partial charge in [0.1, 0.15) is 5.75 Å². The molecule has 0 spiro atoms. The number of hydrogen-bond donors (Lipinski definition) is 0. The molecule has 3 heteroatoms. The van der Waals surface area contributed by atoms with Gasteiger partial charge in [0.25, 0.3) is 0 Å². The minimum atomic E-state index is 0.199. The molecule has 3 nitrogen and oxygen atoms in total. The first kappa shape index (κ1) is 11.6. The van der Waals surface area contributed by atoms with Crippen LogP contribution >= 0.6 is 0 Å². The summed E-state index contributed by atoms with van der Waals surface area (Å²) in [6.45, 7) is 0. The number of carbonyl (C=O) groups is 1. The number of Topliss-reactive ketones (excluding diaryl/α,β-unsaturated/α-hetero) is 1. The lowest BCUT2D eigenvalue weighted by atomic mass is 9.76. The lowest BCUT2D eigenvalue weighted by Crippen LogP contribution is -2.47. The average Bonchev–Trinajstić information content (AvgIpc) is 2.44. The van der Waals surface area contributed by atoms with Crippen molar-refractivity contribution in [3.63, 3.8) is 0 Å². The molecule has 96 valence electrons. The van der Waals surface area contributed by atoms with Gasteiger partial charge in [0.05, 0.1) is 12.8 Å². The van der Waals surface area contributed by atoms with Crippen molar-refractivity contribution in [2.75, 3.05) is 19.1 Å². The highest BCUT2D eigenvalue weighted by Gasteiger charge is 2.39. The van der Waals surface area contributed by atoms with Gasteiger partial charge in [0.2, 0.25) is 0 Å². The van der Waals surface area contributed by atoms with Crippen molar-refractivity contribution in [3.8, 4) is 5.75 Å². The predicted octanol–water partition coefficient (Wildman–Crippen LogP) is 2.89. The number of fused-ring (bicyclic) bond motifs is 2. The number of benzene rings is 1. The molecule has 1 aliphatic carbocycles. The number of hydrogen-bond acceptors (Lipinski definition) is 3. The number of rotatable bonds is 1. The molecule has 0 radical (unpaired) electrons. The average molecular weight is 245 g/mol. The summed E-state index contributed by atoms with van der Waals surface area (Å²) in [5.41, 5.74) is 1.89. The van der Waals surface area contributed by atoms with E-state index in [9.17, 15) is 4.79 Å². The molecule has 1 saturated carbocycles. The molecule has 0 aromatic heterocycles. The van der Waals surface area contributed by atoms with Gasteiger partial charge in [-0.15, -0.1) is 0 Å². The van der Waals surface area contributed by atoms with E-state index in [1.807, 2.05) is 18.2 Å². The zero-order valence-electron chi connectivity index (χ0n) is 11.0. The lowest BCUT2D eigenvalue weighted by molar-refractivity contribution is 0.0856. The molecule has 0 saturated heterocycles. The Morgan fingerprint density at radius 1 is 1.28 bits per heavy atom. The second-order valence-corrected chi connectivity index (χ2v) is 5.32. The maximum absolute atomic E-state index is 12.5. The van der Waals surface area contributed by atoms with Gasteiger partial charge in [0, 0.05) is 30.6 Å². The summed E-state index contributed by atoms with van der Waals surface area (Å²) >= 11 is 0. The van der Waals surface area contributed by atoms with Gasteiger partial charge >= 0.3 is 0 Å². The minimum Gasteiger partial charge on any atom is -0.497 e. The van der Waals surface area contributed by atoms with Crippen LogP contribution in [0.3, 0.4) is 0 Å². The maximum Gasteiger partial charge on any atom is 0.170 e. The van der Waals surface area contributed by atoms with Gasteiger partial charge in [-0.25, -0.2) is 0 Å². The zero-order chi connectivity index (χ0) is 12.7. The SMILES string of the molecule is COc1ccc2c(c1)N(C)C1CCCCC1C2=O. The van der Waals surface area contributed by atoms with E-state index in [4.69, 9.17) is 4.74 Å². The van der Waals surface area contributed by atoms with Crippen molar-refractivity contribution in [3.05, 3.63) is 23.8 Å². The molecule has 3 rings (SSSR count). The topological polar surface area (TPSA) is 29.5 Å². The standard InChI is InChI=1S/C15H19NO2/c1-16-13-6-4-3-5-11(13)15(17)12-8-7-10(18-2)9-14(12)16/h7-9,11,13H,3-6H2,1-2H3. The molecule has 1 heterocycles. The number of carbonyl (C=O) groups excluding carboxylic acids is 1. The van der Waals surface area contributed by atoms with Crippen LogP contribution in [0.4, 0.5) is 5.69 Å². The van der Waals surface area contributed by atoms with E-state index in [1.54, 1.807) is 7.11 Å². The van der Waals surface area contributed by atoms with Crippen LogP contribution in [-0.2, 0) is 0 Å². The molecule has 18 heavy (non-hydrogen) atoms. The first-order chi connectivity index (χ1) is 8.72. The number of ether oxygens (including phenoxy) is 1. The Kier molecular flexibility index (Phi) is 2.77. The Labute approximate surface area is 108 Å². The first-order valence-electron chi connectivity index (χ1n) is 6.67. The van der Waals surface area contributed by atoms with Crippen LogP contribution in [0, 0.1) is 5.92 Å². The second-order valence-electron chi connectivity index (χ2n) is 5.32. The first-order valence-corrected chi connectivity index (χ1v) is 6.67. The molecule has 1 aliphatic heterocycles. The van der Waals surface area contributed by atoms with Gasteiger partial charge in [-0.3, -0.25) is 4.79 Å². The number of ketones is 1. The molecule has 1 fully saturated rings. The number of anilines is 1. The van der Waals surface area contributed by atoms with Gasteiger partial charge in [0.15, 0.2) is 5.78 Å². The number of methoxy groups -OCH3 is 1. The van der Waals surface area contributed by atoms with E-state index in [0.29, 0.717) is 11.8 Å². The maximum atomic E-state index is 12.5. The summed E-state index contributed by atoms with van der Waals surface area (Å²) in [5, 5.41) is 0. The Morgan fingerprint density at radius 2 is 2.06 bits per heavy atom. The molecule has 0 amide bonds. The Bertz CT molecular complexity index is 483. The molecule has 1 aromatic rings. The predicted molar refractivity (Wildman–Crippen MR) is 71.5 cm³/mol. The highest BCUT2D eigenvalue weighted by Crippen LogP contribution is 2.40. The Hall–Kier alpha value is -1.51. The highest BCUT2D eigenvalue weighted by molar-refractivity contribution is 6.05. The Morgan fingerprint density at radius 3 is 2.83 bits per heavy atom. The van der Waals surface area contributed by atoms with Crippen molar-refractivity contribution in [1.82, 2.24) is 0 Å². The zero-order valence-corrected chi connectivity index (χ0v) is 11.0. The summed E-state index contributed by atoms with van der Waals surface area (Å²) in [4.78, 5) is 14.8. The highest BCUT2D eigenvalue weighted by atomic mass is 16.5. The van der Waals surface area contributed by atoms with Crippen LogP contribution in [0.2, 0.25) is 0 Å².